The second-order valence-electron chi connectivity index (χ2n) is 6.55. The van der Waals surface area contributed by atoms with Crippen LogP contribution in [-0.2, 0) is 6.42 Å². The second-order valence-corrected chi connectivity index (χ2v) is 6.55. The predicted molar refractivity (Wildman–Crippen MR) is 96.4 cm³/mol. The van der Waals surface area contributed by atoms with E-state index in [9.17, 15) is 4.79 Å². The van der Waals surface area contributed by atoms with E-state index in [0.29, 0.717) is 48.3 Å². The Bertz CT molecular complexity index is 976. The second kappa shape index (κ2) is 7.38. The van der Waals surface area contributed by atoms with Crippen molar-refractivity contribution < 1.29 is 9.32 Å². The van der Waals surface area contributed by atoms with Crippen molar-refractivity contribution in [2.24, 2.45) is 5.92 Å². The number of carbonyl (C=O) groups is 1. The number of hydrogen-bond acceptors (Lipinski definition) is 6. The molecule has 1 aromatic carbocycles. The molecule has 0 aliphatic carbocycles. The molecular weight excluding hydrogens is 342 g/mol. The summed E-state index contributed by atoms with van der Waals surface area (Å²) < 4.78 is 5.33. The van der Waals surface area contributed by atoms with Gasteiger partial charge in [0.2, 0.25) is 0 Å². The SMILES string of the molecule is N#Cc1ccc(C(=O)N2CCC(Cc3noc(-c4ccncc4)n3)C2)cc1. The quantitative estimate of drug-likeness (QED) is 0.711. The van der Waals surface area contributed by atoms with Crippen molar-refractivity contribution in [1.29, 1.82) is 5.26 Å². The van der Waals surface area contributed by atoms with Crippen molar-refractivity contribution in [3.63, 3.8) is 0 Å². The Morgan fingerprint density at radius 3 is 2.74 bits per heavy atom. The highest BCUT2D eigenvalue weighted by atomic mass is 16.5. The van der Waals surface area contributed by atoms with Crippen molar-refractivity contribution in [1.82, 2.24) is 20.0 Å². The molecule has 1 amide bonds. The topological polar surface area (TPSA) is 95.9 Å². The number of carbonyl (C=O) groups excluding carboxylic acids is 1. The molecule has 7 heteroatoms. The Hall–Kier alpha value is -3.53. The molecule has 1 aliphatic heterocycles. The van der Waals surface area contributed by atoms with E-state index in [2.05, 4.69) is 21.2 Å². The van der Waals surface area contributed by atoms with Crippen LogP contribution < -0.4 is 0 Å². The van der Waals surface area contributed by atoms with E-state index in [1.54, 1.807) is 36.7 Å². The van der Waals surface area contributed by atoms with Gasteiger partial charge in [-0.15, -0.1) is 0 Å². The molecule has 7 nitrogen and oxygen atoms in total. The summed E-state index contributed by atoms with van der Waals surface area (Å²) in [5, 5.41) is 12.9. The van der Waals surface area contributed by atoms with Gasteiger partial charge in [0.1, 0.15) is 0 Å². The maximum atomic E-state index is 12.6. The molecule has 2 aromatic heterocycles. The van der Waals surface area contributed by atoms with E-state index in [4.69, 9.17) is 9.78 Å². The minimum absolute atomic E-state index is 0.00687. The number of likely N-dealkylation sites (tertiary alicyclic amines) is 1. The Balaban J connectivity index is 1.38. The fourth-order valence-corrected chi connectivity index (χ4v) is 3.26. The van der Waals surface area contributed by atoms with E-state index in [1.807, 2.05) is 17.0 Å². The fourth-order valence-electron chi connectivity index (χ4n) is 3.26. The van der Waals surface area contributed by atoms with Crippen molar-refractivity contribution in [3.8, 4) is 17.5 Å². The summed E-state index contributed by atoms with van der Waals surface area (Å²) in [7, 11) is 0. The first-order chi connectivity index (χ1) is 13.2. The number of rotatable bonds is 4. The number of nitriles is 1. The Morgan fingerprint density at radius 2 is 2.00 bits per heavy atom. The molecule has 0 bridgehead atoms. The molecule has 134 valence electrons. The first-order valence-corrected chi connectivity index (χ1v) is 8.75. The lowest BCUT2D eigenvalue weighted by molar-refractivity contribution is 0.0787. The molecule has 1 aliphatic rings. The van der Waals surface area contributed by atoms with Gasteiger partial charge >= 0.3 is 0 Å². The summed E-state index contributed by atoms with van der Waals surface area (Å²) in [6.07, 6.45) is 4.94. The lowest BCUT2D eigenvalue weighted by Gasteiger charge is -2.16. The first kappa shape index (κ1) is 16.9. The molecule has 3 aromatic rings. The van der Waals surface area contributed by atoms with Crippen LogP contribution in [-0.4, -0.2) is 39.0 Å². The Kier molecular flexibility index (Phi) is 4.62. The van der Waals surface area contributed by atoms with Gasteiger partial charge in [0.25, 0.3) is 11.8 Å². The van der Waals surface area contributed by atoms with Gasteiger partial charge in [0, 0.05) is 43.0 Å². The van der Waals surface area contributed by atoms with E-state index >= 15 is 0 Å². The van der Waals surface area contributed by atoms with Gasteiger partial charge in [-0.05, 0) is 48.7 Å². The zero-order valence-electron chi connectivity index (χ0n) is 14.6. The van der Waals surface area contributed by atoms with Crippen LogP contribution in [0.5, 0.6) is 0 Å². The number of nitrogens with zero attached hydrogens (tertiary/aromatic N) is 5. The Morgan fingerprint density at radius 1 is 1.22 bits per heavy atom. The standard InChI is InChI=1S/C20H17N5O2/c21-12-14-1-3-17(4-2-14)20(26)25-10-7-15(13-25)11-18-23-19(27-24-18)16-5-8-22-9-6-16/h1-6,8-9,15H,7,10-11,13H2. The molecule has 3 heterocycles. The summed E-state index contributed by atoms with van der Waals surface area (Å²) in [5.74, 6) is 1.43. The maximum absolute atomic E-state index is 12.6. The smallest absolute Gasteiger partial charge is 0.258 e. The third-order valence-corrected chi connectivity index (χ3v) is 4.70. The van der Waals surface area contributed by atoms with Crippen molar-refractivity contribution in [2.75, 3.05) is 13.1 Å². The normalized spacial score (nSPS) is 16.3. The largest absolute Gasteiger partial charge is 0.338 e. The average Bonchev–Trinajstić information content (AvgIpc) is 3.38. The predicted octanol–water partition coefficient (Wildman–Crippen LogP) is 2.71. The van der Waals surface area contributed by atoms with Crippen LogP contribution >= 0.6 is 0 Å². The van der Waals surface area contributed by atoms with Crippen LogP contribution in [0.1, 0.15) is 28.2 Å². The van der Waals surface area contributed by atoms with Gasteiger partial charge in [-0.2, -0.15) is 10.2 Å². The van der Waals surface area contributed by atoms with Gasteiger partial charge in [0.05, 0.1) is 11.6 Å². The lowest BCUT2D eigenvalue weighted by Crippen LogP contribution is -2.29. The van der Waals surface area contributed by atoms with Crippen LogP contribution in [0.2, 0.25) is 0 Å². The van der Waals surface area contributed by atoms with Crippen LogP contribution in [0.4, 0.5) is 0 Å². The molecule has 0 N–H and O–H groups in total. The van der Waals surface area contributed by atoms with Crippen LogP contribution in [0, 0.1) is 17.2 Å². The van der Waals surface area contributed by atoms with Crippen molar-refractivity contribution in [3.05, 3.63) is 65.7 Å². The van der Waals surface area contributed by atoms with Crippen LogP contribution in [0.25, 0.3) is 11.5 Å². The van der Waals surface area contributed by atoms with Gasteiger partial charge in [-0.1, -0.05) is 5.16 Å². The van der Waals surface area contributed by atoms with Crippen LogP contribution in [0.3, 0.4) is 0 Å². The van der Waals surface area contributed by atoms with Gasteiger partial charge in [-0.25, -0.2) is 0 Å². The van der Waals surface area contributed by atoms with E-state index in [1.165, 1.54) is 0 Å². The van der Waals surface area contributed by atoms with Gasteiger partial charge in [0.15, 0.2) is 5.82 Å². The molecule has 0 radical (unpaired) electrons. The number of hydrogen-bond donors (Lipinski definition) is 0. The molecular formula is C20H17N5O2. The zero-order valence-corrected chi connectivity index (χ0v) is 14.6. The highest BCUT2D eigenvalue weighted by Crippen LogP contribution is 2.23. The number of aromatic nitrogens is 3. The summed E-state index contributed by atoms with van der Waals surface area (Å²) in [6, 6.07) is 12.4. The van der Waals surface area contributed by atoms with E-state index in [-0.39, 0.29) is 5.91 Å². The van der Waals surface area contributed by atoms with E-state index < -0.39 is 0 Å². The first-order valence-electron chi connectivity index (χ1n) is 8.75. The summed E-state index contributed by atoms with van der Waals surface area (Å²) >= 11 is 0. The molecule has 0 saturated carbocycles. The minimum atomic E-state index is -0.00687. The minimum Gasteiger partial charge on any atom is -0.338 e. The number of benzene rings is 1. The molecule has 1 saturated heterocycles. The molecule has 0 spiro atoms. The van der Waals surface area contributed by atoms with Crippen molar-refractivity contribution in [2.45, 2.75) is 12.8 Å². The third kappa shape index (κ3) is 3.70. The third-order valence-electron chi connectivity index (χ3n) is 4.70. The monoisotopic (exact) mass is 359 g/mol. The maximum Gasteiger partial charge on any atom is 0.258 e. The molecule has 1 fully saturated rings. The molecule has 1 unspecified atom stereocenters. The summed E-state index contributed by atoms with van der Waals surface area (Å²) in [5.41, 5.74) is 2.00. The number of amides is 1. The molecule has 4 rings (SSSR count). The zero-order chi connectivity index (χ0) is 18.6. The summed E-state index contributed by atoms with van der Waals surface area (Å²) in [6.45, 7) is 1.37. The lowest BCUT2D eigenvalue weighted by atomic mass is 10.0. The van der Waals surface area contributed by atoms with E-state index in [0.717, 1.165) is 12.0 Å². The van der Waals surface area contributed by atoms with Crippen LogP contribution in [0.15, 0.2) is 53.3 Å². The van der Waals surface area contributed by atoms with Crippen molar-refractivity contribution >= 4 is 5.91 Å². The highest BCUT2D eigenvalue weighted by molar-refractivity contribution is 5.94. The molecule has 27 heavy (non-hydrogen) atoms. The Labute approximate surface area is 156 Å². The molecule has 1 atom stereocenters. The number of pyridine rings is 1. The van der Waals surface area contributed by atoms with Gasteiger partial charge in [-0.3, -0.25) is 9.78 Å². The summed E-state index contributed by atoms with van der Waals surface area (Å²) in [4.78, 5) is 22.9. The average molecular weight is 359 g/mol. The van der Waals surface area contributed by atoms with Gasteiger partial charge < -0.3 is 9.42 Å². The highest BCUT2D eigenvalue weighted by Gasteiger charge is 2.28. The fraction of sp³-hybridized carbons (Fsp3) is 0.250.